The molecule has 0 saturated carbocycles. The lowest BCUT2D eigenvalue weighted by atomic mass is 10.1. The fourth-order valence-electron chi connectivity index (χ4n) is 2.20. The van der Waals surface area contributed by atoms with Crippen LogP contribution in [0.15, 0.2) is 54.6 Å². The van der Waals surface area contributed by atoms with Crippen LogP contribution in [0.1, 0.15) is 18.5 Å². The van der Waals surface area contributed by atoms with Gasteiger partial charge in [-0.15, -0.1) is 0 Å². The van der Waals surface area contributed by atoms with Gasteiger partial charge in [0, 0.05) is 5.69 Å². The molecule has 122 valence electrons. The maximum atomic E-state index is 12.0. The first kappa shape index (κ1) is 17.0. The summed E-state index contributed by atoms with van der Waals surface area (Å²) < 4.78 is 5.36. The van der Waals surface area contributed by atoms with Crippen molar-refractivity contribution in [3.05, 3.63) is 60.2 Å². The normalized spacial score (nSPS) is 11.7. The highest BCUT2D eigenvalue weighted by molar-refractivity contribution is 5.92. The molecule has 1 amide bonds. The van der Waals surface area contributed by atoms with Crippen molar-refractivity contribution in [3.63, 3.8) is 0 Å². The van der Waals surface area contributed by atoms with E-state index in [-0.39, 0.29) is 25.1 Å². The molecule has 0 aliphatic rings. The summed E-state index contributed by atoms with van der Waals surface area (Å²) in [6.45, 7) is 2.58. The number of carbonyl (C=O) groups is 1. The van der Waals surface area contributed by atoms with Crippen LogP contribution in [0.5, 0.6) is 5.75 Å². The molecule has 0 radical (unpaired) electrons. The summed E-state index contributed by atoms with van der Waals surface area (Å²) in [5.41, 5.74) is 1.66. The standard InChI is InChI=1S/C18H22N2O3/c1-2-23-16-10-8-15(9-11-16)20-18(22)12-19-17(13-21)14-6-4-3-5-7-14/h3-11,17,19,21H,2,12-13H2,1H3,(H,20,22). The number of rotatable bonds is 8. The van der Waals surface area contributed by atoms with Crippen LogP contribution >= 0.6 is 0 Å². The fraction of sp³-hybridized carbons (Fsp3) is 0.278. The molecule has 0 heterocycles. The van der Waals surface area contributed by atoms with E-state index in [9.17, 15) is 9.90 Å². The second-order valence-corrected chi connectivity index (χ2v) is 5.03. The van der Waals surface area contributed by atoms with Gasteiger partial charge in [0.1, 0.15) is 5.75 Å². The Morgan fingerprint density at radius 2 is 1.83 bits per heavy atom. The Balaban J connectivity index is 1.84. The number of aliphatic hydroxyl groups excluding tert-OH is 1. The molecule has 1 unspecified atom stereocenters. The van der Waals surface area contributed by atoms with Crippen molar-refractivity contribution in [2.45, 2.75) is 13.0 Å². The highest BCUT2D eigenvalue weighted by Gasteiger charge is 2.11. The van der Waals surface area contributed by atoms with Crippen LogP contribution in [0.3, 0.4) is 0 Å². The maximum Gasteiger partial charge on any atom is 0.238 e. The van der Waals surface area contributed by atoms with Crippen LogP contribution in [0, 0.1) is 0 Å². The number of aliphatic hydroxyl groups is 1. The summed E-state index contributed by atoms with van der Waals surface area (Å²) in [6.07, 6.45) is 0. The number of carbonyl (C=O) groups excluding carboxylic acids is 1. The fourth-order valence-corrected chi connectivity index (χ4v) is 2.20. The molecule has 0 bridgehead atoms. The van der Waals surface area contributed by atoms with Crippen LogP contribution in [0.2, 0.25) is 0 Å². The minimum absolute atomic E-state index is 0.0691. The molecular weight excluding hydrogens is 292 g/mol. The summed E-state index contributed by atoms with van der Waals surface area (Å²) in [4.78, 5) is 12.0. The van der Waals surface area contributed by atoms with E-state index in [0.717, 1.165) is 11.3 Å². The predicted octanol–water partition coefficient (Wildman–Crippen LogP) is 2.35. The summed E-state index contributed by atoms with van der Waals surface area (Å²) in [5.74, 6) is 0.608. The highest BCUT2D eigenvalue weighted by atomic mass is 16.5. The molecule has 0 aromatic heterocycles. The lowest BCUT2D eigenvalue weighted by molar-refractivity contribution is -0.115. The van der Waals surface area contributed by atoms with Crippen molar-refractivity contribution in [3.8, 4) is 5.75 Å². The average Bonchev–Trinajstić information content (AvgIpc) is 2.58. The Bertz CT molecular complexity index is 599. The van der Waals surface area contributed by atoms with E-state index in [1.807, 2.05) is 49.4 Å². The Kier molecular flexibility index (Phi) is 6.59. The Morgan fingerprint density at radius 3 is 2.43 bits per heavy atom. The third kappa shape index (κ3) is 5.39. The molecule has 2 aromatic carbocycles. The molecule has 3 N–H and O–H groups in total. The molecule has 1 atom stereocenters. The quantitative estimate of drug-likeness (QED) is 0.699. The zero-order valence-corrected chi connectivity index (χ0v) is 13.2. The van der Waals surface area contributed by atoms with Crippen molar-refractivity contribution in [1.29, 1.82) is 0 Å². The molecule has 0 aliphatic heterocycles. The molecule has 5 nitrogen and oxygen atoms in total. The van der Waals surface area contributed by atoms with Crippen LogP contribution < -0.4 is 15.4 Å². The molecule has 0 aliphatic carbocycles. The minimum Gasteiger partial charge on any atom is -0.494 e. The van der Waals surface area contributed by atoms with Crippen molar-refractivity contribution >= 4 is 11.6 Å². The van der Waals surface area contributed by atoms with Crippen LogP contribution in [-0.2, 0) is 4.79 Å². The van der Waals surface area contributed by atoms with E-state index in [4.69, 9.17) is 4.74 Å². The predicted molar refractivity (Wildman–Crippen MR) is 90.5 cm³/mol. The van der Waals surface area contributed by atoms with Gasteiger partial charge in [0.05, 0.1) is 25.8 Å². The number of nitrogens with one attached hydrogen (secondary N) is 2. The number of hydrogen-bond donors (Lipinski definition) is 3. The highest BCUT2D eigenvalue weighted by Crippen LogP contribution is 2.15. The van der Waals surface area contributed by atoms with Gasteiger partial charge in [0.2, 0.25) is 5.91 Å². The van der Waals surface area contributed by atoms with E-state index in [1.165, 1.54) is 0 Å². The van der Waals surface area contributed by atoms with Gasteiger partial charge in [-0.1, -0.05) is 30.3 Å². The van der Waals surface area contributed by atoms with Crippen molar-refractivity contribution < 1.29 is 14.6 Å². The first-order chi connectivity index (χ1) is 11.2. The number of ether oxygens (including phenoxy) is 1. The molecule has 2 rings (SSSR count). The molecule has 5 heteroatoms. The lowest BCUT2D eigenvalue weighted by Crippen LogP contribution is -2.32. The number of benzene rings is 2. The van der Waals surface area contributed by atoms with Gasteiger partial charge in [-0.25, -0.2) is 0 Å². The smallest absolute Gasteiger partial charge is 0.238 e. The number of anilines is 1. The molecule has 2 aromatic rings. The monoisotopic (exact) mass is 314 g/mol. The maximum absolute atomic E-state index is 12.0. The summed E-state index contributed by atoms with van der Waals surface area (Å²) in [7, 11) is 0. The van der Waals surface area contributed by atoms with Crippen LogP contribution in [0.4, 0.5) is 5.69 Å². The van der Waals surface area contributed by atoms with Gasteiger partial charge in [-0.2, -0.15) is 0 Å². The van der Waals surface area contributed by atoms with E-state index in [0.29, 0.717) is 12.3 Å². The number of hydrogen-bond acceptors (Lipinski definition) is 4. The molecule has 0 saturated heterocycles. The van der Waals surface area contributed by atoms with Crippen molar-refractivity contribution in [2.75, 3.05) is 25.1 Å². The van der Waals surface area contributed by atoms with Crippen LogP contribution in [-0.4, -0.2) is 30.8 Å². The van der Waals surface area contributed by atoms with Gasteiger partial charge in [-0.05, 0) is 36.8 Å². The van der Waals surface area contributed by atoms with Gasteiger partial charge in [0.15, 0.2) is 0 Å². The molecule has 0 spiro atoms. The first-order valence-corrected chi connectivity index (χ1v) is 7.65. The zero-order valence-electron chi connectivity index (χ0n) is 13.2. The average molecular weight is 314 g/mol. The zero-order chi connectivity index (χ0) is 16.5. The Morgan fingerprint density at radius 1 is 1.13 bits per heavy atom. The number of amides is 1. The second kappa shape index (κ2) is 8.92. The van der Waals surface area contributed by atoms with Crippen molar-refractivity contribution in [1.82, 2.24) is 5.32 Å². The van der Waals surface area contributed by atoms with Crippen molar-refractivity contribution in [2.24, 2.45) is 0 Å². The van der Waals surface area contributed by atoms with Gasteiger partial charge in [-0.3, -0.25) is 10.1 Å². The molecular formula is C18H22N2O3. The van der Waals surface area contributed by atoms with E-state index in [2.05, 4.69) is 10.6 Å². The first-order valence-electron chi connectivity index (χ1n) is 7.65. The minimum atomic E-state index is -0.262. The molecule has 0 fully saturated rings. The summed E-state index contributed by atoms with van der Waals surface area (Å²) in [6, 6.07) is 16.5. The van der Waals surface area contributed by atoms with E-state index in [1.54, 1.807) is 12.1 Å². The third-order valence-corrected chi connectivity index (χ3v) is 3.34. The van der Waals surface area contributed by atoms with Gasteiger partial charge >= 0.3 is 0 Å². The van der Waals surface area contributed by atoms with Gasteiger partial charge in [0.25, 0.3) is 0 Å². The van der Waals surface area contributed by atoms with Gasteiger partial charge < -0.3 is 15.2 Å². The summed E-state index contributed by atoms with van der Waals surface area (Å²) >= 11 is 0. The Labute approximate surface area is 136 Å². The molecule has 23 heavy (non-hydrogen) atoms. The van der Waals surface area contributed by atoms with E-state index < -0.39 is 0 Å². The SMILES string of the molecule is CCOc1ccc(NC(=O)CNC(CO)c2ccccc2)cc1. The van der Waals surface area contributed by atoms with Crippen LogP contribution in [0.25, 0.3) is 0 Å². The summed E-state index contributed by atoms with van der Waals surface area (Å²) in [5, 5.41) is 15.3. The largest absolute Gasteiger partial charge is 0.494 e. The Hall–Kier alpha value is -2.37. The third-order valence-electron chi connectivity index (χ3n) is 3.34. The lowest BCUT2D eigenvalue weighted by Gasteiger charge is -2.16. The second-order valence-electron chi connectivity index (χ2n) is 5.03. The topological polar surface area (TPSA) is 70.6 Å². The van der Waals surface area contributed by atoms with E-state index >= 15 is 0 Å².